The van der Waals surface area contributed by atoms with Crippen LogP contribution in [-0.4, -0.2) is 60.0 Å². The third-order valence-corrected chi connectivity index (χ3v) is 5.25. The van der Waals surface area contributed by atoms with Crippen LogP contribution >= 0.6 is 0 Å². The summed E-state index contributed by atoms with van der Waals surface area (Å²) in [5, 5.41) is 0. The second kappa shape index (κ2) is 6.21. The number of hydrogen-bond acceptors (Lipinski definition) is 5. The van der Waals surface area contributed by atoms with Gasteiger partial charge in [-0.05, 0) is 13.5 Å². The molecule has 1 aliphatic heterocycles. The number of hydrogen-bond donors (Lipinski definition) is 0. The third-order valence-electron chi connectivity index (χ3n) is 5.25. The zero-order valence-corrected chi connectivity index (χ0v) is 14.9. The lowest BCUT2D eigenvalue weighted by Crippen LogP contribution is -2.48. The topological polar surface area (TPSA) is 70.8 Å². The zero-order valence-electron chi connectivity index (χ0n) is 14.9. The van der Waals surface area contributed by atoms with Crippen LogP contribution in [0.25, 0.3) is 0 Å². The number of carbonyl (C=O) groups is 3. The van der Waals surface area contributed by atoms with Crippen molar-refractivity contribution >= 4 is 17.5 Å². The molecule has 1 amide bonds. The molecule has 1 fully saturated rings. The van der Waals surface area contributed by atoms with Gasteiger partial charge in [-0.25, -0.2) is 0 Å². The van der Waals surface area contributed by atoms with Gasteiger partial charge in [0.15, 0.2) is 11.5 Å². The van der Waals surface area contributed by atoms with E-state index in [0.29, 0.717) is 30.0 Å². The average molecular weight is 352 g/mol. The smallest absolute Gasteiger partial charge is 0.258 e. The Morgan fingerprint density at radius 1 is 1.04 bits per heavy atom. The number of fused-ring (bicyclic) bond motifs is 2. The van der Waals surface area contributed by atoms with Gasteiger partial charge in [0.2, 0.25) is 5.78 Å². The van der Waals surface area contributed by atoms with Crippen LogP contribution in [-0.2, 0) is 0 Å². The van der Waals surface area contributed by atoms with Gasteiger partial charge in [-0.1, -0.05) is 31.2 Å². The van der Waals surface area contributed by atoms with Crippen molar-refractivity contribution in [1.29, 1.82) is 0 Å². The van der Waals surface area contributed by atoms with Crippen molar-refractivity contribution in [2.45, 2.75) is 13.8 Å². The molecular weight excluding hydrogens is 332 g/mol. The van der Waals surface area contributed by atoms with Gasteiger partial charge >= 0.3 is 0 Å². The summed E-state index contributed by atoms with van der Waals surface area (Å²) in [6, 6.07) is 6.66. The summed E-state index contributed by atoms with van der Waals surface area (Å²) in [6.45, 7) is 7.49. The Labute approximate surface area is 151 Å². The minimum atomic E-state index is -0.340. The van der Waals surface area contributed by atoms with E-state index in [4.69, 9.17) is 4.42 Å². The molecule has 2 heterocycles. The minimum Gasteiger partial charge on any atom is -0.456 e. The van der Waals surface area contributed by atoms with Gasteiger partial charge in [0.1, 0.15) is 5.76 Å². The molecule has 2 aromatic rings. The first-order chi connectivity index (χ1) is 12.5. The molecule has 1 aromatic carbocycles. The van der Waals surface area contributed by atoms with E-state index in [9.17, 15) is 14.4 Å². The number of likely N-dealkylation sites (N-methyl/N-ethyl adjacent to an activating group) is 1. The van der Waals surface area contributed by atoms with E-state index in [0.717, 1.165) is 19.6 Å². The molecule has 0 atom stereocenters. The van der Waals surface area contributed by atoms with E-state index in [-0.39, 0.29) is 34.4 Å². The predicted octanol–water partition coefficient (Wildman–Crippen LogP) is 2.14. The van der Waals surface area contributed by atoms with Gasteiger partial charge in [-0.3, -0.25) is 14.4 Å². The van der Waals surface area contributed by atoms with Gasteiger partial charge in [0, 0.05) is 37.3 Å². The fourth-order valence-electron chi connectivity index (χ4n) is 3.74. The highest BCUT2D eigenvalue weighted by atomic mass is 16.4. The molecule has 0 N–H and O–H groups in total. The largest absolute Gasteiger partial charge is 0.456 e. The third kappa shape index (κ3) is 2.41. The summed E-state index contributed by atoms with van der Waals surface area (Å²) in [4.78, 5) is 42.8. The molecular formula is C20H20N2O4. The van der Waals surface area contributed by atoms with Crippen LogP contribution in [0.2, 0.25) is 0 Å². The number of aryl methyl sites for hydroxylation is 1. The summed E-state index contributed by atoms with van der Waals surface area (Å²) >= 11 is 0. The number of carbonyl (C=O) groups excluding carboxylic acids is 3. The van der Waals surface area contributed by atoms with E-state index in [1.54, 1.807) is 36.1 Å². The molecule has 0 spiro atoms. The van der Waals surface area contributed by atoms with Crippen LogP contribution in [0.5, 0.6) is 0 Å². The standard InChI is InChI=1S/C20H20N2O4/c1-3-21-8-10-22(11-9-21)20(25)15-12(2)26-19-16(15)17(23)13-6-4-5-7-14(13)18(19)24/h4-7H,3,8-11H2,1-2H3. The highest BCUT2D eigenvalue weighted by Gasteiger charge is 2.39. The molecule has 1 aromatic heterocycles. The van der Waals surface area contributed by atoms with Crippen LogP contribution in [0.4, 0.5) is 0 Å². The summed E-state index contributed by atoms with van der Waals surface area (Å²) in [6.07, 6.45) is 0. The first-order valence-electron chi connectivity index (χ1n) is 8.86. The second-order valence-electron chi connectivity index (χ2n) is 6.67. The van der Waals surface area contributed by atoms with Crippen LogP contribution in [0, 0.1) is 6.92 Å². The highest BCUT2D eigenvalue weighted by molar-refractivity contribution is 6.30. The maximum absolute atomic E-state index is 13.1. The van der Waals surface area contributed by atoms with Crippen LogP contribution in [0.1, 0.15) is 55.1 Å². The summed E-state index contributed by atoms with van der Waals surface area (Å²) < 4.78 is 5.60. The van der Waals surface area contributed by atoms with Crippen LogP contribution < -0.4 is 0 Å². The Balaban J connectivity index is 1.74. The normalized spacial score (nSPS) is 17.2. The van der Waals surface area contributed by atoms with E-state index in [2.05, 4.69) is 11.8 Å². The summed E-state index contributed by atoms with van der Waals surface area (Å²) in [5.74, 6) is -0.575. The van der Waals surface area contributed by atoms with Crippen molar-refractivity contribution in [2.75, 3.05) is 32.7 Å². The predicted molar refractivity (Wildman–Crippen MR) is 94.8 cm³/mol. The van der Waals surface area contributed by atoms with Crippen molar-refractivity contribution in [2.24, 2.45) is 0 Å². The molecule has 6 nitrogen and oxygen atoms in total. The lowest BCUT2D eigenvalue weighted by Gasteiger charge is -2.34. The number of piperazine rings is 1. The molecule has 0 radical (unpaired) electrons. The van der Waals surface area contributed by atoms with E-state index in [1.807, 2.05) is 0 Å². The molecule has 2 aliphatic rings. The van der Waals surface area contributed by atoms with Crippen LogP contribution in [0.3, 0.4) is 0 Å². The number of furan rings is 1. The molecule has 26 heavy (non-hydrogen) atoms. The Morgan fingerprint density at radius 2 is 1.65 bits per heavy atom. The monoisotopic (exact) mass is 352 g/mol. The molecule has 134 valence electrons. The first-order valence-corrected chi connectivity index (χ1v) is 8.86. The summed E-state index contributed by atoms with van der Waals surface area (Å²) in [5.41, 5.74) is 1.01. The second-order valence-corrected chi connectivity index (χ2v) is 6.67. The number of rotatable bonds is 2. The summed E-state index contributed by atoms with van der Waals surface area (Å²) in [7, 11) is 0. The molecule has 0 saturated carbocycles. The number of nitrogens with zero attached hydrogens (tertiary/aromatic N) is 2. The number of ketones is 2. The van der Waals surface area contributed by atoms with Crippen molar-refractivity contribution < 1.29 is 18.8 Å². The number of amides is 1. The molecule has 4 rings (SSSR count). The lowest BCUT2D eigenvalue weighted by molar-refractivity contribution is 0.0639. The van der Waals surface area contributed by atoms with Crippen molar-refractivity contribution in [3.05, 3.63) is 58.0 Å². The van der Waals surface area contributed by atoms with E-state index >= 15 is 0 Å². The van der Waals surface area contributed by atoms with Gasteiger partial charge in [-0.15, -0.1) is 0 Å². The SMILES string of the molecule is CCN1CCN(C(=O)c2c(C)oc3c2C(=O)c2ccccc2C3=O)CC1. The van der Waals surface area contributed by atoms with E-state index in [1.165, 1.54) is 0 Å². The first kappa shape index (κ1) is 16.7. The fourth-order valence-corrected chi connectivity index (χ4v) is 3.74. The Kier molecular flexibility index (Phi) is 4.00. The van der Waals surface area contributed by atoms with Crippen LogP contribution in [0.15, 0.2) is 28.7 Å². The van der Waals surface area contributed by atoms with E-state index < -0.39 is 0 Å². The average Bonchev–Trinajstić information content (AvgIpc) is 3.03. The highest BCUT2D eigenvalue weighted by Crippen LogP contribution is 2.33. The molecule has 0 bridgehead atoms. The fraction of sp³-hybridized carbons (Fsp3) is 0.350. The Bertz CT molecular complexity index is 920. The van der Waals surface area contributed by atoms with Gasteiger partial charge in [0.25, 0.3) is 5.91 Å². The quantitative estimate of drug-likeness (QED) is 0.707. The zero-order chi connectivity index (χ0) is 18.4. The Morgan fingerprint density at radius 3 is 2.27 bits per heavy atom. The number of benzene rings is 1. The Hall–Kier alpha value is -2.73. The minimum absolute atomic E-state index is 0.0123. The van der Waals surface area contributed by atoms with Gasteiger partial charge < -0.3 is 14.2 Å². The lowest BCUT2D eigenvalue weighted by atomic mass is 9.86. The van der Waals surface area contributed by atoms with Crippen molar-refractivity contribution in [3.63, 3.8) is 0 Å². The molecule has 6 heteroatoms. The van der Waals surface area contributed by atoms with Gasteiger partial charge in [0.05, 0.1) is 11.1 Å². The van der Waals surface area contributed by atoms with Crippen molar-refractivity contribution in [3.8, 4) is 0 Å². The molecule has 0 unspecified atom stereocenters. The van der Waals surface area contributed by atoms with Crippen molar-refractivity contribution in [1.82, 2.24) is 9.80 Å². The molecule has 1 aliphatic carbocycles. The molecule has 1 saturated heterocycles. The maximum Gasteiger partial charge on any atom is 0.258 e. The van der Waals surface area contributed by atoms with Gasteiger partial charge in [-0.2, -0.15) is 0 Å². The maximum atomic E-state index is 13.1.